The molecule has 0 radical (unpaired) electrons. The van der Waals surface area contributed by atoms with Gasteiger partial charge >= 0.3 is 0 Å². The summed E-state index contributed by atoms with van der Waals surface area (Å²) in [5.74, 6) is 2.09. The first-order valence-corrected chi connectivity index (χ1v) is 10.5. The lowest BCUT2D eigenvalue weighted by molar-refractivity contribution is 0.0950. The number of ether oxygens (including phenoxy) is 1. The van der Waals surface area contributed by atoms with Crippen molar-refractivity contribution >= 4 is 17.7 Å². The van der Waals surface area contributed by atoms with Gasteiger partial charge in [-0.15, -0.1) is 0 Å². The summed E-state index contributed by atoms with van der Waals surface area (Å²) in [5, 5.41) is 7.64. The fraction of sp³-hybridized carbons (Fsp3) is 0.318. The Morgan fingerprint density at radius 3 is 2.72 bits per heavy atom. The molecule has 0 aliphatic heterocycles. The second-order valence-corrected chi connectivity index (χ2v) is 7.85. The largest absolute Gasteiger partial charge is 0.491 e. The molecule has 1 aromatic carbocycles. The van der Waals surface area contributed by atoms with Crippen molar-refractivity contribution in [3.63, 3.8) is 0 Å². The van der Waals surface area contributed by atoms with E-state index in [1.807, 2.05) is 51.1 Å². The minimum absolute atomic E-state index is 0.128. The number of carbonyl (C=O) groups is 1. The molecule has 152 valence electrons. The number of aromatic nitrogens is 2. The molecule has 0 aliphatic rings. The molecule has 1 N–H and O–H groups in total. The third kappa shape index (κ3) is 6.35. The SMILES string of the molecule is Cc1cc(CSc2ncccc2C(=O)NCCc2ccc(OC(C)C)cc2)no1. The van der Waals surface area contributed by atoms with Crippen molar-refractivity contribution in [3.8, 4) is 5.75 Å². The van der Waals surface area contributed by atoms with E-state index in [9.17, 15) is 4.79 Å². The van der Waals surface area contributed by atoms with Crippen LogP contribution in [0.15, 0.2) is 58.2 Å². The second kappa shape index (κ2) is 10.1. The van der Waals surface area contributed by atoms with Gasteiger partial charge in [0.05, 0.1) is 17.4 Å². The summed E-state index contributed by atoms with van der Waals surface area (Å²) < 4.78 is 10.7. The van der Waals surface area contributed by atoms with E-state index in [0.29, 0.717) is 22.9 Å². The van der Waals surface area contributed by atoms with Gasteiger partial charge < -0.3 is 14.6 Å². The molecule has 6 nitrogen and oxygen atoms in total. The van der Waals surface area contributed by atoms with Crippen molar-refractivity contribution in [1.29, 1.82) is 0 Å². The number of hydrogen-bond acceptors (Lipinski definition) is 6. The average molecular weight is 412 g/mol. The molecule has 29 heavy (non-hydrogen) atoms. The Labute approximate surface area is 175 Å². The van der Waals surface area contributed by atoms with Crippen LogP contribution in [0, 0.1) is 6.92 Å². The lowest BCUT2D eigenvalue weighted by Crippen LogP contribution is -2.26. The topological polar surface area (TPSA) is 77.2 Å². The van der Waals surface area contributed by atoms with Crippen LogP contribution in [0.3, 0.4) is 0 Å². The van der Waals surface area contributed by atoms with Crippen LogP contribution in [0.25, 0.3) is 0 Å². The number of nitrogens with zero attached hydrogens (tertiary/aromatic N) is 2. The van der Waals surface area contributed by atoms with Gasteiger partial charge in [-0.2, -0.15) is 0 Å². The molecule has 1 amide bonds. The van der Waals surface area contributed by atoms with E-state index < -0.39 is 0 Å². The van der Waals surface area contributed by atoms with E-state index in [-0.39, 0.29) is 12.0 Å². The van der Waals surface area contributed by atoms with Crippen molar-refractivity contribution in [2.45, 2.75) is 44.1 Å². The molecule has 0 saturated heterocycles. The average Bonchev–Trinajstić information content (AvgIpc) is 3.12. The van der Waals surface area contributed by atoms with Crippen molar-refractivity contribution in [2.24, 2.45) is 0 Å². The fourth-order valence-electron chi connectivity index (χ4n) is 2.73. The quantitative estimate of drug-likeness (QED) is 0.525. The van der Waals surface area contributed by atoms with Crippen LogP contribution >= 0.6 is 11.8 Å². The Bertz CT molecular complexity index is 938. The molecule has 3 aromatic rings. The molecule has 0 spiro atoms. The Balaban J connectivity index is 1.52. The van der Waals surface area contributed by atoms with Crippen molar-refractivity contribution in [3.05, 3.63) is 71.2 Å². The number of rotatable bonds is 9. The monoisotopic (exact) mass is 411 g/mol. The maximum atomic E-state index is 12.6. The predicted octanol–water partition coefficient (Wildman–Crippen LogP) is 4.43. The number of thioether (sulfide) groups is 1. The Kier molecular flexibility index (Phi) is 7.30. The summed E-state index contributed by atoms with van der Waals surface area (Å²) in [5.41, 5.74) is 2.54. The Morgan fingerprint density at radius 2 is 2.03 bits per heavy atom. The summed E-state index contributed by atoms with van der Waals surface area (Å²) >= 11 is 1.47. The predicted molar refractivity (Wildman–Crippen MR) is 113 cm³/mol. The van der Waals surface area contributed by atoms with Gasteiger partial charge in [0, 0.05) is 24.6 Å². The summed E-state index contributed by atoms with van der Waals surface area (Å²) in [6, 6.07) is 13.4. The normalized spacial score (nSPS) is 10.9. The van der Waals surface area contributed by atoms with Gasteiger partial charge in [-0.05, 0) is 57.0 Å². The minimum atomic E-state index is -0.128. The molecule has 0 atom stereocenters. The van der Waals surface area contributed by atoms with E-state index in [1.165, 1.54) is 11.8 Å². The maximum absolute atomic E-state index is 12.6. The summed E-state index contributed by atoms with van der Waals surface area (Å²) in [7, 11) is 0. The van der Waals surface area contributed by atoms with Crippen LogP contribution in [0.1, 0.15) is 41.2 Å². The number of carbonyl (C=O) groups excluding carboxylic acids is 1. The summed E-state index contributed by atoms with van der Waals surface area (Å²) in [6.45, 7) is 6.40. The van der Waals surface area contributed by atoms with Crippen LogP contribution in [0.4, 0.5) is 0 Å². The molecule has 7 heteroatoms. The van der Waals surface area contributed by atoms with Gasteiger partial charge in [0.25, 0.3) is 5.91 Å². The van der Waals surface area contributed by atoms with E-state index >= 15 is 0 Å². The zero-order valence-corrected chi connectivity index (χ0v) is 17.7. The van der Waals surface area contributed by atoms with Gasteiger partial charge in [-0.25, -0.2) is 4.98 Å². The number of benzene rings is 1. The van der Waals surface area contributed by atoms with Crippen molar-refractivity contribution < 1.29 is 14.1 Å². The van der Waals surface area contributed by atoms with Crippen LogP contribution in [0.2, 0.25) is 0 Å². The first-order valence-electron chi connectivity index (χ1n) is 9.55. The van der Waals surface area contributed by atoms with E-state index in [4.69, 9.17) is 9.26 Å². The molecule has 0 bridgehead atoms. The molecule has 2 aromatic heterocycles. The minimum Gasteiger partial charge on any atom is -0.491 e. The summed E-state index contributed by atoms with van der Waals surface area (Å²) in [6.07, 6.45) is 2.59. The molecule has 0 unspecified atom stereocenters. The van der Waals surface area contributed by atoms with Gasteiger partial charge in [0.2, 0.25) is 0 Å². The van der Waals surface area contributed by atoms with Gasteiger partial charge in [-0.3, -0.25) is 4.79 Å². The highest BCUT2D eigenvalue weighted by atomic mass is 32.2. The number of hydrogen-bond donors (Lipinski definition) is 1. The Hall–Kier alpha value is -2.80. The number of nitrogens with one attached hydrogen (secondary N) is 1. The molecule has 0 saturated carbocycles. The first kappa shape index (κ1) is 20.9. The molecular formula is C22H25N3O3S. The molecular weight excluding hydrogens is 386 g/mol. The number of pyridine rings is 1. The molecule has 0 aliphatic carbocycles. The second-order valence-electron chi connectivity index (χ2n) is 6.89. The van der Waals surface area contributed by atoms with Gasteiger partial charge in [0.15, 0.2) is 0 Å². The lowest BCUT2D eigenvalue weighted by Gasteiger charge is -2.11. The standard InChI is InChI=1S/C22H25N3O3S/c1-15(2)27-19-8-6-17(7-9-19)10-12-23-21(26)20-5-4-11-24-22(20)29-14-18-13-16(3)28-25-18/h4-9,11,13,15H,10,12,14H2,1-3H3,(H,23,26). The van der Waals surface area contributed by atoms with Gasteiger partial charge in [0.1, 0.15) is 16.5 Å². The smallest absolute Gasteiger partial charge is 0.254 e. The van der Waals surface area contributed by atoms with E-state index in [1.54, 1.807) is 18.3 Å². The third-order valence-electron chi connectivity index (χ3n) is 4.04. The number of aryl methyl sites for hydroxylation is 1. The fourth-order valence-corrected chi connectivity index (χ4v) is 3.60. The first-order chi connectivity index (χ1) is 14.0. The van der Waals surface area contributed by atoms with Crippen molar-refractivity contribution in [1.82, 2.24) is 15.5 Å². The molecule has 0 fully saturated rings. The zero-order chi connectivity index (χ0) is 20.6. The van der Waals surface area contributed by atoms with Crippen LogP contribution in [0.5, 0.6) is 5.75 Å². The highest BCUT2D eigenvalue weighted by Crippen LogP contribution is 2.24. The third-order valence-corrected chi connectivity index (χ3v) is 5.08. The van der Waals surface area contributed by atoms with E-state index in [2.05, 4.69) is 15.5 Å². The van der Waals surface area contributed by atoms with Crippen LogP contribution in [-0.2, 0) is 12.2 Å². The zero-order valence-electron chi connectivity index (χ0n) is 16.8. The molecule has 3 rings (SSSR count). The number of amides is 1. The van der Waals surface area contributed by atoms with Gasteiger partial charge in [-0.1, -0.05) is 29.1 Å². The Morgan fingerprint density at radius 1 is 1.24 bits per heavy atom. The lowest BCUT2D eigenvalue weighted by atomic mass is 10.1. The van der Waals surface area contributed by atoms with E-state index in [0.717, 1.165) is 29.2 Å². The highest BCUT2D eigenvalue weighted by molar-refractivity contribution is 7.98. The van der Waals surface area contributed by atoms with Crippen LogP contribution in [-0.4, -0.2) is 28.7 Å². The van der Waals surface area contributed by atoms with Crippen LogP contribution < -0.4 is 10.1 Å². The van der Waals surface area contributed by atoms with Crippen molar-refractivity contribution in [2.75, 3.05) is 6.54 Å². The highest BCUT2D eigenvalue weighted by Gasteiger charge is 2.13. The molecule has 2 heterocycles. The maximum Gasteiger partial charge on any atom is 0.254 e. The summed E-state index contributed by atoms with van der Waals surface area (Å²) in [4.78, 5) is 17.0.